The fraction of sp³-hybridized carbons (Fsp3) is 0.581. The summed E-state index contributed by atoms with van der Waals surface area (Å²) in [5, 5.41) is 2.46. The van der Waals surface area contributed by atoms with Gasteiger partial charge in [0.2, 0.25) is 0 Å². The van der Waals surface area contributed by atoms with E-state index in [0.29, 0.717) is 29.2 Å². The van der Waals surface area contributed by atoms with Crippen LogP contribution in [0.3, 0.4) is 0 Å². The highest BCUT2D eigenvalue weighted by molar-refractivity contribution is 6.10. The molecule has 0 bridgehead atoms. The number of imide groups is 1. The first-order valence-corrected chi connectivity index (χ1v) is 14.2. The number of hydrogen-bond donors (Lipinski definition) is 1. The van der Waals surface area contributed by atoms with E-state index in [1.54, 1.807) is 43.6 Å². The van der Waals surface area contributed by atoms with E-state index in [4.69, 9.17) is 9.47 Å². The van der Waals surface area contributed by atoms with E-state index in [0.717, 1.165) is 25.8 Å². The van der Waals surface area contributed by atoms with Gasteiger partial charge in [-0.1, -0.05) is 84.5 Å². The maximum Gasteiger partial charge on any atom is 0.264 e. The minimum atomic E-state index is -0.471. The fourth-order valence-corrected chi connectivity index (χ4v) is 4.35. The van der Waals surface area contributed by atoms with Crippen molar-refractivity contribution in [2.75, 3.05) is 13.7 Å². The average Bonchev–Trinajstić information content (AvgIpc) is 2.91. The minimum Gasteiger partial charge on any atom is -1.00 e. The smallest absolute Gasteiger partial charge is 0.264 e. The SMILES string of the molecule is CCCCCCCCCCCCCCOc1ccc(C(=O)NC(=O)c2ccc[n+](CCC)c2)cc1OC.[I-]. The number of aryl methyl sites for hydroxylation is 1. The number of ether oxygens (including phenoxy) is 2. The van der Waals surface area contributed by atoms with Gasteiger partial charge in [0.05, 0.1) is 13.7 Å². The number of hydrogen-bond acceptors (Lipinski definition) is 4. The van der Waals surface area contributed by atoms with E-state index in [9.17, 15) is 9.59 Å². The molecule has 0 saturated heterocycles. The molecule has 0 atom stereocenters. The van der Waals surface area contributed by atoms with Crippen molar-refractivity contribution in [2.24, 2.45) is 0 Å². The Morgan fingerprint density at radius 1 is 0.763 bits per heavy atom. The second kappa shape index (κ2) is 20.8. The normalized spacial score (nSPS) is 10.5. The van der Waals surface area contributed by atoms with Gasteiger partial charge >= 0.3 is 0 Å². The summed E-state index contributed by atoms with van der Waals surface area (Å²) < 4.78 is 13.3. The quantitative estimate of drug-likeness (QED) is 0.109. The van der Waals surface area contributed by atoms with Gasteiger partial charge in [-0.05, 0) is 30.7 Å². The number of halogens is 1. The molecule has 0 unspecified atom stereocenters. The summed E-state index contributed by atoms with van der Waals surface area (Å²) in [5.41, 5.74) is 0.791. The summed E-state index contributed by atoms with van der Waals surface area (Å²) in [6.45, 7) is 5.76. The van der Waals surface area contributed by atoms with Crippen LogP contribution in [0.5, 0.6) is 11.5 Å². The molecule has 212 valence electrons. The van der Waals surface area contributed by atoms with Crippen LogP contribution in [-0.4, -0.2) is 25.5 Å². The predicted octanol–water partition coefficient (Wildman–Crippen LogP) is 4.05. The largest absolute Gasteiger partial charge is 1.00 e. The summed E-state index contributed by atoms with van der Waals surface area (Å²) in [6.07, 6.45) is 20.2. The second-order valence-electron chi connectivity index (χ2n) is 9.72. The second-order valence-corrected chi connectivity index (χ2v) is 9.72. The van der Waals surface area contributed by atoms with E-state index in [2.05, 4.69) is 19.2 Å². The highest BCUT2D eigenvalue weighted by Crippen LogP contribution is 2.28. The third kappa shape index (κ3) is 13.1. The Labute approximate surface area is 246 Å². The molecule has 0 radical (unpaired) electrons. The number of benzene rings is 1. The first-order chi connectivity index (χ1) is 18.1. The number of aromatic nitrogens is 1. The first kappa shape index (κ1) is 33.9. The summed E-state index contributed by atoms with van der Waals surface area (Å²) >= 11 is 0. The molecule has 0 fully saturated rings. The molecule has 0 spiro atoms. The van der Waals surface area contributed by atoms with E-state index in [-0.39, 0.29) is 24.0 Å². The van der Waals surface area contributed by atoms with Gasteiger partial charge in [0.15, 0.2) is 23.9 Å². The Hall–Kier alpha value is -2.16. The van der Waals surface area contributed by atoms with Crippen LogP contribution in [0.2, 0.25) is 0 Å². The Kier molecular flexibility index (Phi) is 18.5. The molecule has 6 nitrogen and oxygen atoms in total. The van der Waals surface area contributed by atoms with Crippen molar-refractivity contribution in [3.8, 4) is 11.5 Å². The van der Waals surface area contributed by atoms with Crippen LogP contribution in [0.25, 0.3) is 0 Å². The number of carbonyl (C=O) groups is 2. The van der Waals surface area contributed by atoms with E-state index in [1.807, 2.05) is 10.8 Å². The van der Waals surface area contributed by atoms with Gasteiger partial charge in [-0.25, -0.2) is 4.57 Å². The molecule has 2 amide bonds. The maximum atomic E-state index is 12.7. The van der Waals surface area contributed by atoms with Crippen LogP contribution in [-0.2, 0) is 6.54 Å². The van der Waals surface area contributed by atoms with Crippen molar-refractivity contribution in [2.45, 2.75) is 104 Å². The third-order valence-corrected chi connectivity index (χ3v) is 6.51. The molecule has 1 aromatic carbocycles. The Balaban J connectivity index is 0.00000722. The van der Waals surface area contributed by atoms with Gasteiger partial charge < -0.3 is 33.5 Å². The van der Waals surface area contributed by atoms with Crippen molar-refractivity contribution in [3.05, 3.63) is 53.9 Å². The number of amides is 2. The van der Waals surface area contributed by atoms with Crippen LogP contribution >= 0.6 is 0 Å². The monoisotopic (exact) mass is 638 g/mol. The lowest BCUT2D eigenvalue weighted by Crippen LogP contribution is -3.00. The van der Waals surface area contributed by atoms with E-state index >= 15 is 0 Å². The number of carbonyl (C=O) groups excluding carboxylic acids is 2. The van der Waals surface area contributed by atoms with Crippen LogP contribution in [0, 0.1) is 0 Å². The van der Waals surface area contributed by atoms with Gasteiger partial charge in [-0.15, -0.1) is 0 Å². The highest BCUT2D eigenvalue weighted by Gasteiger charge is 2.17. The molecule has 0 aliphatic carbocycles. The molecular formula is C31H47IN2O4. The Morgan fingerprint density at radius 2 is 1.37 bits per heavy atom. The van der Waals surface area contributed by atoms with Crippen molar-refractivity contribution >= 4 is 11.8 Å². The summed E-state index contributed by atoms with van der Waals surface area (Å²) in [6, 6.07) is 8.51. The number of pyridine rings is 1. The molecule has 1 aromatic heterocycles. The highest BCUT2D eigenvalue weighted by atomic mass is 127. The molecule has 0 aliphatic heterocycles. The van der Waals surface area contributed by atoms with E-state index < -0.39 is 11.8 Å². The lowest BCUT2D eigenvalue weighted by atomic mass is 10.1. The predicted molar refractivity (Wildman–Crippen MR) is 148 cm³/mol. The molecule has 1 N–H and O–H groups in total. The third-order valence-electron chi connectivity index (χ3n) is 6.51. The van der Waals surface area contributed by atoms with Gasteiger partial charge in [0.1, 0.15) is 12.1 Å². The number of nitrogens with one attached hydrogen (secondary N) is 1. The Morgan fingerprint density at radius 3 is 1.97 bits per heavy atom. The van der Waals surface area contributed by atoms with E-state index in [1.165, 1.54) is 64.2 Å². The molecule has 0 saturated carbocycles. The number of methoxy groups -OCH3 is 1. The molecular weight excluding hydrogens is 591 g/mol. The zero-order valence-corrected chi connectivity index (χ0v) is 25.8. The lowest BCUT2D eigenvalue weighted by molar-refractivity contribution is -0.697. The summed E-state index contributed by atoms with van der Waals surface area (Å²) in [5.74, 6) is 0.195. The van der Waals surface area contributed by atoms with Gasteiger partial charge in [-0.3, -0.25) is 14.9 Å². The van der Waals surface area contributed by atoms with Crippen LogP contribution in [0.15, 0.2) is 42.7 Å². The van der Waals surface area contributed by atoms with Gasteiger partial charge in [0, 0.05) is 18.1 Å². The van der Waals surface area contributed by atoms with Crippen LogP contribution in [0.4, 0.5) is 0 Å². The zero-order chi connectivity index (χ0) is 26.7. The van der Waals surface area contributed by atoms with Crippen molar-refractivity contribution in [1.82, 2.24) is 5.32 Å². The van der Waals surface area contributed by atoms with Gasteiger partial charge in [0.25, 0.3) is 11.8 Å². The standard InChI is InChI=1S/C31H46N2O4.HI/c1-4-6-7-8-9-10-11-12-13-14-15-16-23-37-28-20-19-26(24-29(28)36-3)30(34)32-31(35)27-18-17-22-33(25-27)21-5-2;/h17-20,22,24-25H,4-16,21,23H2,1-3H3;1H. The van der Waals surface area contributed by atoms with Gasteiger partial charge in [-0.2, -0.15) is 0 Å². The van der Waals surface area contributed by atoms with Crippen LogP contribution < -0.4 is 43.3 Å². The fourth-order valence-electron chi connectivity index (χ4n) is 4.35. The summed E-state index contributed by atoms with van der Waals surface area (Å²) in [7, 11) is 1.55. The molecule has 1 heterocycles. The first-order valence-electron chi connectivity index (χ1n) is 14.2. The number of unbranched alkanes of at least 4 members (excludes halogenated alkanes) is 11. The number of nitrogens with zero attached hydrogens (tertiary/aromatic N) is 1. The number of rotatable bonds is 19. The molecule has 7 heteroatoms. The Bertz CT molecular complexity index is 951. The zero-order valence-electron chi connectivity index (χ0n) is 23.6. The van der Waals surface area contributed by atoms with Crippen molar-refractivity contribution < 1.29 is 47.6 Å². The van der Waals surface area contributed by atoms with Crippen molar-refractivity contribution in [3.63, 3.8) is 0 Å². The maximum absolute atomic E-state index is 12.7. The molecule has 0 aliphatic rings. The lowest BCUT2D eigenvalue weighted by Gasteiger charge is -2.12. The van der Waals surface area contributed by atoms with Crippen LogP contribution in [0.1, 0.15) is 118 Å². The minimum absolute atomic E-state index is 0. The molecule has 2 aromatic rings. The topological polar surface area (TPSA) is 68.5 Å². The average molecular weight is 639 g/mol. The summed E-state index contributed by atoms with van der Waals surface area (Å²) in [4.78, 5) is 25.2. The van der Waals surface area contributed by atoms with Crippen molar-refractivity contribution in [1.29, 1.82) is 0 Å². The molecule has 38 heavy (non-hydrogen) atoms. The molecule has 2 rings (SSSR count).